The molecule has 0 saturated carbocycles. The van der Waals surface area contributed by atoms with Crippen LogP contribution in [0.4, 0.5) is 0 Å². The molecular weight excluding hydrogens is 208 g/mol. The first-order valence-electron chi connectivity index (χ1n) is 5.08. The number of furan rings is 1. The van der Waals surface area contributed by atoms with Crippen LogP contribution in [0.25, 0.3) is 0 Å². The Morgan fingerprint density at radius 1 is 1.62 bits per heavy atom. The van der Waals surface area contributed by atoms with E-state index in [0.29, 0.717) is 12.1 Å². The lowest BCUT2D eigenvalue weighted by Gasteiger charge is -2.26. The summed E-state index contributed by atoms with van der Waals surface area (Å²) < 4.78 is 4.80. The van der Waals surface area contributed by atoms with Crippen molar-refractivity contribution in [2.24, 2.45) is 0 Å². The number of carbonyl (C=O) groups excluding carboxylic acids is 1. The number of nitrogens with one attached hydrogen (secondary N) is 1. The Morgan fingerprint density at radius 3 is 2.81 bits per heavy atom. The highest BCUT2D eigenvalue weighted by atomic mass is 16.3. The van der Waals surface area contributed by atoms with Gasteiger partial charge in [-0.1, -0.05) is 0 Å². The Hall–Kier alpha value is -1.33. The number of rotatable bonds is 5. The predicted octanol–water partition coefficient (Wildman–Crippen LogP) is 0.322. The Balaban J connectivity index is 2.42. The van der Waals surface area contributed by atoms with Crippen molar-refractivity contribution in [3.63, 3.8) is 0 Å². The van der Waals surface area contributed by atoms with Crippen LogP contribution in [-0.4, -0.2) is 48.7 Å². The zero-order valence-electron chi connectivity index (χ0n) is 9.86. The monoisotopic (exact) mass is 226 g/mol. The third kappa shape index (κ3) is 4.04. The van der Waals surface area contributed by atoms with Gasteiger partial charge in [0.15, 0.2) is 0 Å². The summed E-state index contributed by atoms with van der Waals surface area (Å²) in [5.74, 6) is -0.243. The molecule has 0 saturated heterocycles. The summed E-state index contributed by atoms with van der Waals surface area (Å²) in [5.41, 5.74) is -0.483. The number of carbonyl (C=O) groups is 1. The molecule has 1 aromatic rings. The number of likely N-dealkylation sites (N-methyl/N-ethyl adjacent to an activating group) is 1. The normalized spacial score (nSPS) is 14.8. The standard InChI is InChI=1S/C11H18N2O3/c1-11(15,8-13(2)3)7-12-10(14)9-4-5-16-6-9/h4-6,15H,7-8H2,1-3H3,(H,12,14). The summed E-state index contributed by atoms with van der Waals surface area (Å²) in [6.07, 6.45) is 2.81. The highest BCUT2D eigenvalue weighted by molar-refractivity contribution is 5.93. The van der Waals surface area contributed by atoms with E-state index < -0.39 is 5.60 Å². The predicted molar refractivity (Wildman–Crippen MR) is 60.2 cm³/mol. The van der Waals surface area contributed by atoms with Crippen molar-refractivity contribution in [2.45, 2.75) is 12.5 Å². The molecular formula is C11H18N2O3. The molecule has 1 unspecified atom stereocenters. The van der Waals surface area contributed by atoms with Gasteiger partial charge < -0.3 is 19.7 Å². The van der Waals surface area contributed by atoms with E-state index in [9.17, 15) is 9.90 Å². The van der Waals surface area contributed by atoms with E-state index in [1.807, 2.05) is 19.0 Å². The minimum absolute atomic E-state index is 0.204. The third-order valence-corrected chi connectivity index (χ3v) is 2.07. The molecule has 0 aliphatic carbocycles. The van der Waals surface area contributed by atoms with Gasteiger partial charge in [0.25, 0.3) is 5.91 Å². The van der Waals surface area contributed by atoms with E-state index in [1.54, 1.807) is 13.0 Å². The van der Waals surface area contributed by atoms with E-state index >= 15 is 0 Å². The van der Waals surface area contributed by atoms with Crippen molar-refractivity contribution in [2.75, 3.05) is 27.2 Å². The fraction of sp³-hybridized carbons (Fsp3) is 0.545. The largest absolute Gasteiger partial charge is 0.472 e. The van der Waals surface area contributed by atoms with Crippen molar-refractivity contribution in [1.29, 1.82) is 0 Å². The molecule has 0 radical (unpaired) electrons. The van der Waals surface area contributed by atoms with Gasteiger partial charge in [-0.3, -0.25) is 4.79 Å². The molecule has 1 rings (SSSR count). The van der Waals surface area contributed by atoms with Crippen LogP contribution in [0.15, 0.2) is 23.0 Å². The maximum atomic E-state index is 11.5. The molecule has 16 heavy (non-hydrogen) atoms. The van der Waals surface area contributed by atoms with Gasteiger partial charge in [0.1, 0.15) is 6.26 Å². The first-order chi connectivity index (χ1) is 7.41. The van der Waals surface area contributed by atoms with E-state index in [4.69, 9.17) is 4.42 Å². The van der Waals surface area contributed by atoms with E-state index in [0.717, 1.165) is 0 Å². The average molecular weight is 226 g/mol. The lowest BCUT2D eigenvalue weighted by atomic mass is 10.1. The Morgan fingerprint density at radius 2 is 2.31 bits per heavy atom. The molecule has 0 bridgehead atoms. The molecule has 5 heteroatoms. The quantitative estimate of drug-likeness (QED) is 0.759. The average Bonchev–Trinajstić information content (AvgIpc) is 2.64. The van der Waals surface area contributed by atoms with Crippen LogP contribution in [0.5, 0.6) is 0 Å². The lowest BCUT2D eigenvalue weighted by molar-refractivity contribution is 0.0326. The Bertz CT molecular complexity index is 331. The number of hydrogen-bond acceptors (Lipinski definition) is 4. The van der Waals surface area contributed by atoms with Gasteiger partial charge in [-0.15, -0.1) is 0 Å². The fourth-order valence-corrected chi connectivity index (χ4v) is 1.50. The SMILES string of the molecule is CN(C)CC(C)(O)CNC(=O)c1ccoc1. The van der Waals surface area contributed by atoms with Gasteiger partial charge >= 0.3 is 0 Å². The Labute approximate surface area is 95.0 Å². The van der Waals surface area contributed by atoms with Gasteiger partial charge in [0.05, 0.1) is 17.4 Å². The molecule has 0 aromatic carbocycles. The van der Waals surface area contributed by atoms with Crippen LogP contribution >= 0.6 is 0 Å². The van der Waals surface area contributed by atoms with Crippen LogP contribution in [0, 0.1) is 0 Å². The van der Waals surface area contributed by atoms with Gasteiger partial charge in [0.2, 0.25) is 0 Å². The van der Waals surface area contributed by atoms with Crippen molar-refractivity contribution >= 4 is 5.91 Å². The van der Waals surface area contributed by atoms with Crippen LogP contribution < -0.4 is 5.32 Å². The molecule has 2 N–H and O–H groups in total. The minimum atomic E-state index is -0.942. The molecule has 0 aliphatic rings. The highest BCUT2D eigenvalue weighted by Gasteiger charge is 2.22. The first-order valence-corrected chi connectivity index (χ1v) is 5.08. The molecule has 0 spiro atoms. The minimum Gasteiger partial charge on any atom is -0.472 e. The van der Waals surface area contributed by atoms with E-state index in [2.05, 4.69) is 5.32 Å². The van der Waals surface area contributed by atoms with Crippen molar-refractivity contribution in [3.8, 4) is 0 Å². The van der Waals surface area contributed by atoms with E-state index in [1.165, 1.54) is 12.5 Å². The maximum Gasteiger partial charge on any atom is 0.254 e. The lowest BCUT2D eigenvalue weighted by Crippen LogP contribution is -2.47. The molecule has 1 heterocycles. The molecule has 5 nitrogen and oxygen atoms in total. The van der Waals surface area contributed by atoms with Gasteiger partial charge in [0, 0.05) is 13.1 Å². The molecule has 90 valence electrons. The van der Waals surface area contributed by atoms with E-state index in [-0.39, 0.29) is 12.5 Å². The highest BCUT2D eigenvalue weighted by Crippen LogP contribution is 2.04. The van der Waals surface area contributed by atoms with Crippen LogP contribution in [0.3, 0.4) is 0 Å². The van der Waals surface area contributed by atoms with Crippen molar-refractivity contribution in [3.05, 3.63) is 24.2 Å². The van der Waals surface area contributed by atoms with Gasteiger partial charge in [-0.05, 0) is 27.1 Å². The van der Waals surface area contributed by atoms with Crippen LogP contribution in [-0.2, 0) is 0 Å². The van der Waals surface area contributed by atoms with Crippen molar-refractivity contribution < 1.29 is 14.3 Å². The van der Waals surface area contributed by atoms with Crippen LogP contribution in [0.1, 0.15) is 17.3 Å². The maximum absolute atomic E-state index is 11.5. The summed E-state index contributed by atoms with van der Waals surface area (Å²) in [6, 6.07) is 1.58. The zero-order chi connectivity index (χ0) is 12.2. The van der Waals surface area contributed by atoms with Gasteiger partial charge in [-0.25, -0.2) is 0 Å². The smallest absolute Gasteiger partial charge is 0.254 e. The first kappa shape index (κ1) is 12.7. The fourth-order valence-electron chi connectivity index (χ4n) is 1.50. The number of nitrogens with zero attached hydrogens (tertiary/aromatic N) is 1. The van der Waals surface area contributed by atoms with Gasteiger partial charge in [-0.2, -0.15) is 0 Å². The third-order valence-electron chi connectivity index (χ3n) is 2.07. The zero-order valence-corrected chi connectivity index (χ0v) is 9.86. The van der Waals surface area contributed by atoms with Crippen LogP contribution in [0.2, 0.25) is 0 Å². The summed E-state index contributed by atoms with van der Waals surface area (Å²) in [4.78, 5) is 13.4. The molecule has 0 fully saturated rings. The molecule has 1 amide bonds. The second-order valence-electron chi connectivity index (χ2n) is 4.43. The molecule has 0 aliphatic heterocycles. The summed E-state index contributed by atoms with van der Waals surface area (Å²) in [6.45, 7) is 2.37. The molecule has 1 atom stereocenters. The second kappa shape index (κ2) is 5.14. The number of aliphatic hydroxyl groups is 1. The van der Waals surface area contributed by atoms with Crippen molar-refractivity contribution in [1.82, 2.24) is 10.2 Å². The number of amides is 1. The summed E-state index contributed by atoms with van der Waals surface area (Å²) in [7, 11) is 3.73. The summed E-state index contributed by atoms with van der Waals surface area (Å²) >= 11 is 0. The Kier molecular flexibility index (Phi) is 4.09. The molecule has 1 aromatic heterocycles. The number of hydrogen-bond donors (Lipinski definition) is 2. The topological polar surface area (TPSA) is 65.7 Å². The summed E-state index contributed by atoms with van der Waals surface area (Å²) in [5, 5.41) is 12.6. The second-order valence-corrected chi connectivity index (χ2v) is 4.43.